The number of nitrogens with one attached hydrogen (secondary N) is 1. The second kappa shape index (κ2) is 4.06. The Morgan fingerprint density at radius 1 is 1.28 bits per heavy atom. The van der Waals surface area contributed by atoms with Crippen molar-refractivity contribution in [3.05, 3.63) is 40.3 Å². The highest BCUT2D eigenvalue weighted by Crippen LogP contribution is 2.30. The van der Waals surface area contributed by atoms with E-state index in [-0.39, 0.29) is 5.43 Å². The number of rotatable bonds is 1. The Morgan fingerprint density at radius 3 is 2.83 bits per heavy atom. The van der Waals surface area contributed by atoms with E-state index in [0.717, 1.165) is 15.0 Å². The smallest absolute Gasteiger partial charge is 0.222 e. The first kappa shape index (κ1) is 11.2. The summed E-state index contributed by atoms with van der Waals surface area (Å²) in [4.78, 5) is 12.5. The predicted molar refractivity (Wildman–Crippen MR) is 75.3 cm³/mol. The van der Waals surface area contributed by atoms with Crippen LogP contribution in [0.5, 0.6) is 0 Å². The van der Waals surface area contributed by atoms with Gasteiger partial charge in [-0.2, -0.15) is 10.2 Å². The Hall–Kier alpha value is -1.95. The van der Waals surface area contributed by atoms with Crippen molar-refractivity contribution in [1.29, 1.82) is 0 Å². The summed E-state index contributed by atoms with van der Waals surface area (Å²) in [6, 6.07) is 3.75. The molecular formula is C12H8BN3OS. The number of anilines is 1. The van der Waals surface area contributed by atoms with E-state index in [4.69, 9.17) is 7.98 Å². The van der Waals surface area contributed by atoms with Crippen molar-refractivity contribution in [3.63, 3.8) is 0 Å². The van der Waals surface area contributed by atoms with Crippen LogP contribution in [0.4, 0.5) is 5.69 Å². The van der Waals surface area contributed by atoms with E-state index in [1.54, 1.807) is 6.20 Å². The molecule has 2 heterocycles. The molecule has 1 N–H and O–H groups in total. The highest BCUT2D eigenvalue weighted by atomic mass is 32.1. The van der Waals surface area contributed by atoms with Gasteiger partial charge < -0.3 is 5.23 Å². The Morgan fingerprint density at radius 2 is 2.06 bits per heavy atom. The molecule has 86 valence electrons. The lowest BCUT2D eigenvalue weighted by atomic mass is 10.1. The van der Waals surface area contributed by atoms with Crippen LogP contribution in [0, 0.1) is 6.92 Å². The van der Waals surface area contributed by atoms with Crippen LogP contribution in [0.15, 0.2) is 29.3 Å². The maximum atomic E-state index is 12.5. The van der Waals surface area contributed by atoms with Crippen molar-refractivity contribution in [1.82, 2.24) is 10.2 Å². The SMILES string of the molecule is [B]Nc1ccc(C)c2sc3cnncc3c(=O)c12. The molecule has 0 aliphatic rings. The van der Waals surface area contributed by atoms with Crippen LogP contribution in [0.2, 0.25) is 0 Å². The van der Waals surface area contributed by atoms with Gasteiger partial charge in [-0.05, 0) is 18.6 Å². The second-order valence-electron chi connectivity index (χ2n) is 3.98. The van der Waals surface area contributed by atoms with Crippen LogP contribution in [0.25, 0.3) is 20.2 Å². The molecular weight excluding hydrogens is 245 g/mol. The summed E-state index contributed by atoms with van der Waals surface area (Å²) in [6.07, 6.45) is 3.11. The number of nitrogens with zero attached hydrogens (tertiary/aromatic N) is 2. The molecule has 6 heteroatoms. The molecule has 3 aromatic rings. The molecule has 0 spiro atoms. The summed E-state index contributed by atoms with van der Waals surface area (Å²) >= 11 is 1.52. The molecule has 3 rings (SSSR count). The Balaban J connectivity index is 2.64. The van der Waals surface area contributed by atoms with Gasteiger partial charge in [0.1, 0.15) is 0 Å². The maximum Gasteiger partial charge on any atom is 0.222 e. The van der Waals surface area contributed by atoms with Crippen LogP contribution in [0.1, 0.15) is 5.56 Å². The fourth-order valence-electron chi connectivity index (χ4n) is 1.97. The van der Waals surface area contributed by atoms with E-state index in [2.05, 4.69) is 15.4 Å². The van der Waals surface area contributed by atoms with Gasteiger partial charge in [0.2, 0.25) is 7.98 Å². The highest BCUT2D eigenvalue weighted by molar-refractivity contribution is 7.24. The summed E-state index contributed by atoms with van der Waals surface area (Å²) in [6.45, 7) is 1.97. The molecule has 4 nitrogen and oxygen atoms in total. The summed E-state index contributed by atoms with van der Waals surface area (Å²) < 4.78 is 1.76. The van der Waals surface area contributed by atoms with E-state index in [9.17, 15) is 4.79 Å². The summed E-state index contributed by atoms with van der Waals surface area (Å²) in [7, 11) is 5.47. The molecule has 1 aromatic carbocycles. The van der Waals surface area contributed by atoms with Gasteiger partial charge in [0, 0.05) is 10.4 Å². The lowest BCUT2D eigenvalue weighted by Crippen LogP contribution is -2.06. The normalized spacial score (nSPS) is 10.9. The highest BCUT2D eigenvalue weighted by Gasteiger charge is 2.11. The fraction of sp³-hybridized carbons (Fsp3) is 0.0833. The predicted octanol–water partition coefficient (Wildman–Crippen LogP) is 2.01. The number of fused-ring (bicyclic) bond motifs is 2. The van der Waals surface area contributed by atoms with Crippen LogP contribution in [-0.2, 0) is 0 Å². The Kier molecular flexibility index (Phi) is 2.52. The Bertz CT molecular complexity index is 815. The molecule has 0 fully saturated rings. The van der Waals surface area contributed by atoms with E-state index in [1.165, 1.54) is 17.5 Å². The van der Waals surface area contributed by atoms with Crippen molar-refractivity contribution in [2.45, 2.75) is 6.92 Å². The minimum Gasteiger partial charge on any atom is -0.437 e. The number of aryl methyl sites for hydroxylation is 1. The first-order chi connectivity index (χ1) is 8.72. The topological polar surface area (TPSA) is 54.9 Å². The first-order valence-corrected chi connectivity index (χ1v) is 6.17. The third kappa shape index (κ3) is 1.49. The monoisotopic (exact) mass is 253 g/mol. The molecule has 0 amide bonds. The molecule has 0 saturated heterocycles. The summed E-state index contributed by atoms with van der Waals surface area (Å²) in [5.41, 5.74) is 1.62. The molecule has 0 aliphatic carbocycles. The zero-order chi connectivity index (χ0) is 12.7. The lowest BCUT2D eigenvalue weighted by Gasteiger charge is -2.08. The fourth-order valence-corrected chi connectivity index (χ4v) is 3.08. The van der Waals surface area contributed by atoms with Gasteiger partial charge >= 0.3 is 0 Å². The average molecular weight is 253 g/mol. The van der Waals surface area contributed by atoms with Crippen molar-refractivity contribution >= 4 is 45.2 Å². The van der Waals surface area contributed by atoms with Gasteiger partial charge in [-0.1, -0.05) is 6.07 Å². The number of hydrogen-bond acceptors (Lipinski definition) is 5. The van der Waals surface area contributed by atoms with Crippen molar-refractivity contribution in [2.24, 2.45) is 0 Å². The quantitative estimate of drug-likeness (QED) is 0.532. The van der Waals surface area contributed by atoms with Gasteiger partial charge in [-0.15, -0.1) is 11.3 Å². The minimum absolute atomic E-state index is 0.0645. The van der Waals surface area contributed by atoms with Crippen LogP contribution in [0.3, 0.4) is 0 Å². The molecule has 18 heavy (non-hydrogen) atoms. The number of benzene rings is 1. The number of aromatic nitrogens is 2. The second-order valence-corrected chi connectivity index (χ2v) is 5.03. The zero-order valence-corrected chi connectivity index (χ0v) is 10.4. The minimum atomic E-state index is -0.0645. The van der Waals surface area contributed by atoms with Crippen molar-refractivity contribution < 1.29 is 0 Å². The molecule has 0 bridgehead atoms. The standard InChI is InChI=1S/C12H8BN3OS/c1-6-2-3-8(16-13)10-11(17)7-4-14-15-5-9(7)18-12(6)10/h2-5,16H,1H3. The third-order valence-corrected chi connectivity index (χ3v) is 4.16. The van der Waals surface area contributed by atoms with Gasteiger partial charge in [-0.3, -0.25) is 4.79 Å². The zero-order valence-electron chi connectivity index (χ0n) is 9.60. The van der Waals surface area contributed by atoms with Crippen LogP contribution in [-0.4, -0.2) is 18.2 Å². The number of hydrogen-bond donors (Lipinski definition) is 1. The lowest BCUT2D eigenvalue weighted by molar-refractivity contribution is 1.05. The van der Waals surface area contributed by atoms with Gasteiger partial charge in [-0.25, -0.2) is 0 Å². The van der Waals surface area contributed by atoms with Crippen molar-refractivity contribution in [2.75, 3.05) is 5.23 Å². The largest absolute Gasteiger partial charge is 0.437 e. The van der Waals surface area contributed by atoms with Gasteiger partial charge in [0.05, 0.1) is 27.9 Å². The first-order valence-electron chi connectivity index (χ1n) is 5.36. The molecule has 0 unspecified atom stereocenters. The molecule has 0 aliphatic heterocycles. The van der Waals surface area contributed by atoms with Crippen molar-refractivity contribution in [3.8, 4) is 0 Å². The van der Waals surface area contributed by atoms with Crippen LogP contribution >= 0.6 is 11.3 Å². The molecule has 0 saturated carbocycles. The van der Waals surface area contributed by atoms with E-state index < -0.39 is 0 Å². The third-order valence-electron chi connectivity index (χ3n) is 2.89. The summed E-state index contributed by atoms with van der Waals surface area (Å²) in [5.74, 6) is 0. The van der Waals surface area contributed by atoms with E-state index in [0.29, 0.717) is 16.5 Å². The van der Waals surface area contributed by atoms with Gasteiger partial charge in [0.15, 0.2) is 5.43 Å². The van der Waals surface area contributed by atoms with E-state index in [1.807, 2.05) is 19.1 Å². The Labute approximate surface area is 108 Å². The van der Waals surface area contributed by atoms with Crippen LogP contribution < -0.4 is 10.7 Å². The molecule has 2 aromatic heterocycles. The molecule has 2 radical (unpaired) electrons. The van der Waals surface area contributed by atoms with E-state index >= 15 is 0 Å². The summed E-state index contributed by atoms with van der Waals surface area (Å²) in [5, 5.41) is 11.3. The van der Waals surface area contributed by atoms with Gasteiger partial charge in [0.25, 0.3) is 0 Å². The average Bonchev–Trinajstić information content (AvgIpc) is 2.40. The maximum absolute atomic E-state index is 12.5. The molecule has 0 atom stereocenters.